The Kier molecular flexibility index (Phi) is 7.46. The molecule has 0 saturated carbocycles. The van der Waals surface area contributed by atoms with Gasteiger partial charge in [-0.25, -0.2) is 0 Å². The van der Waals surface area contributed by atoms with Crippen LogP contribution in [-0.2, 0) is 19.4 Å². The van der Waals surface area contributed by atoms with E-state index in [9.17, 15) is 4.79 Å². The minimum atomic E-state index is -0.0125. The molecule has 3 heteroatoms. The number of amides is 1. The zero-order valence-electron chi connectivity index (χ0n) is 17.4. The van der Waals surface area contributed by atoms with E-state index < -0.39 is 0 Å². The number of carbonyl (C=O) groups excluding carboxylic acids is 1. The Morgan fingerprint density at radius 1 is 0.759 bits per heavy atom. The summed E-state index contributed by atoms with van der Waals surface area (Å²) in [5, 5.41) is 3.08. The summed E-state index contributed by atoms with van der Waals surface area (Å²) in [6.07, 6.45) is 1.78. The van der Waals surface area contributed by atoms with Gasteiger partial charge in [-0.2, -0.15) is 0 Å². The number of aryl methyl sites for hydroxylation is 2. The van der Waals surface area contributed by atoms with Gasteiger partial charge in [-0.1, -0.05) is 60.7 Å². The Bertz CT molecular complexity index is 900. The third-order valence-electron chi connectivity index (χ3n) is 5.31. The average Bonchev–Trinajstić information content (AvgIpc) is 2.78. The predicted molar refractivity (Wildman–Crippen MR) is 121 cm³/mol. The summed E-state index contributed by atoms with van der Waals surface area (Å²) in [4.78, 5) is 15.1. The van der Waals surface area contributed by atoms with Crippen LogP contribution in [-0.4, -0.2) is 19.0 Å². The molecule has 29 heavy (non-hydrogen) atoms. The highest BCUT2D eigenvalue weighted by Gasteiger charge is 2.11. The summed E-state index contributed by atoms with van der Waals surface area (Å²) < 4.78 is 0. The summed E-state index contributed by atoms with van der Waals surface area (Å²) in [6, 6.07) is 26.7. The molecule has 0 saturated heterocycles. The molecule has 0 unspecified atom stereocenters. The first-order valence-corrected chi connectivity index (χ1v) is 10.4. The van der Waals surface area contributed by atoms with E-state index in [0.29, 0.717) is 6.54 Å². The van der Waals surface area contributed by atoms with E-state index in [0.717, 1.165) is 42.6 Å². The summed E-state index contributed by atoms with van der Waals surface area (Å²) in [7, 11) is 0. The van der Waals surface area contributed by atoms with E-state index in [-0.39, 0.29) is 5.91 Å². The topological polar surface area (TPSA) is 32.3 Å². The fraction of sp³-hybridized carbons (Fsp3) is 0.269. The molecule has 0 aliphatic rings. The van der Waals surface area contributed by atoms with Crippen molar-refractivity contribution < 1.29 is 4.79 Å². The second kappa shape index (κ2) is 10.5. The lowest BCUT2D eigenvalue weighted by molar-refractivity contribution is 0.0950. The number of anilines is 1. The minimum Gasteiger partial charge on any atom is -0.372 e. The Morgan fingerprint density at radius 2 is 1.41 bits per heavy atom. The first-order chi connectivity index (χ1) is 14.2. The zero-order valence-corrected chi connectivity index (χ0v) is 17.4. The molecule has 0 fully saturated rings. The van der Waals surface area contributed by atoms with Gasteiger partial charge < -0.3 is 10.2 Å². The molecule has 3 aromatic rings. The standard InChI is InChI=1S/C26H30N2O/c1-3-28(4-2)24-18-15-22(16-19-24)20-27-26(29)25-13-9-8-12-23(25)17-14-21-10-6-5-7-11-21/h5-13,15-16,18-19H,3-4,14,17,20H2,1-2H3,(H,27,29). The molecule has 0 bridgehead atoms. The van der Waals surface area contributed by atoms with Gasteiger partial charge in [0, 0.05) is 30.9 Å². The largest absolute Gasteiger partial charge is 0.372 e. The van der Waals surface area contributed by atoms with Crippen molar-refractivity contribution in [2.75, 3.05) is 18.0 Å². The molecule has 150 valence electrons. The molecule has 1 amide bonds. The van der Waals surface area contributed by atoms with Crippen LogP contribution in [0, 0.1) is 0 Å². The van der Waals surface area contributed by atoms with Crippen molar-refractivity contribution >= 4 is 11.6 Å². The van der Waals surface area contributed by atoms with E-state index in [1.54, 1.807) is 0 Å². The molecule has 0 radical (unpaired) electrons. The van der Waals surface area contributed by atoms with E-state index in [1.807, 2.05) is 24.3 Å². The van der Waals surface area contributed by atoms with Crippen molar-refractivity contribution in [1.29, 1.82) is 0 Å². The van der Waals surface area contributed by atoms with Crippen molar-refractivity contribution in [3.63, 3.8) is 0 Å². The third kappa shape index (κ3) is 5.71. The Hall–Kier alpha value is -3.07. The molecular formula is C26H30N2O. The number of nitrogens with zero attached hydrogens (tertiary/aromatic N) is 1. The minimum absolute atomic E-state index is 0.0125. The van der Waals surface area contributed by atoms with Gasteiger partial charge in [-0.15, -0.1) is 0 Å². The third-order valence-corrected chi connectivity index (χ3v) is 5.31. The van der Waals surface area contributed by atoms with Crippen molar-refractivity contribution in [2.24, 2.45) is 0 Å². The van der Waals surface area contributed by atoms with Crippen LogP contribution in [0.1, 0.15) is 40.9 Å². The van der Waals surface area contributed by atoms with E-state index >= 15 is 0 Å². The molecule has 0 aromatic heterocycles. The van der Waals surface area contributed by atoms with Crippen LogP contribution in [0.5, 0.6) is 0 Å². The highest BCUT2D eigenvalue weighted by atomic mass is 16.1. The van der Waals surface area contributed by atoms with Crippen LogP contribution in [0.3, 0.4) is 0 Å². The number of rotatable bonds is 9. The summed E-state index contributed by atoms with van der Waals surface area (Å²) >= 11 is 0. The number of carbonyl (C=O) groups is 1. The van der Waals surface area contributed by atoms with Crippen LogP contribution < -0.4 is 10.2 Å². The molecule has 0 aliphatic heterocycles. The maximum absolute atomic E-state index is 12.8. The maximum Gasteiger partial charge on any atom is 0.251 e. The van der Waals surface area contributed by atoms with Gasteiger partial charge in [0.2, 0.25) is 0 Å². The first-order valence-electron chi connectivity index (χ1n) is 10.4. The van der Waals surface area contributed by atoms with Crippen molar-refractivity contribution in [1.82, 2.24) is 5.32 Å². The molecule has 0 aliphatic carbocycles. The van der Waals surface area contributed by atoms with Gasteiger partial charge in [0.05, 0.1) is 0 Å². The lowest BCUT2D eigenvalue weighted by Gasteiger charge is -2.21. The monoisotopic (exact) mass is 386 g/mol. The van der Waals surface area contributed by atoms with E-state index in [2.05, 4.69) is 78.7 Å². The fourth-order valence-electron chi connectivity index (χ4n) is 3.57. The number of benzene rings is 3. The fourth-order valence-corrected chi connectivity index (χ4v) is 3.57. The van der Waals surface area contributed by atoms with Gasteiger partial charge in [0.25, 0.3) is 5.91 Å². The molecule has 0 atom stereocenters. The lowest BCUT2D eigenvalue weighted by atomic mass is 9.99. The highest BCUT2D eigenvalue weighted by molar-refractivity contribution is 5.95. The predicted octanol–water partition coefficient (Wildman–Crippen LogP) is 5.25. The highest BCUT2D eigenvalue weighted by Crippen LogP contribution is 2.16. The first kappa shape index (κ1) is 20.7. The summed E-state index contributed by atoms with van der Waals surface area (Å²) in [5.41, 5.74) is 5.47. The Labute approximate surface area is 174 Å². The van der Waals surface area contributed by atoms with Crippen LogP contribution in [0.15, 0.2) is 78.9 Å². The number of hydrogen-bond acceptors (Lipinski definition) is 2. The molecule has 0 heterocycles. The second-order valence-corrected chi connectivity index (χ2v) is 7.16. The average molecular weight is 387 g/mol. The Morgan fingerprint density at radius 3 is 2.10 bits per heavy atom. The van der Waals surface area contributed by atoms with Crippen LogP contribution >= 0.6 is 0 Å². The molecule has 3 aromatic carbocycles. The second-order valence-electron chi connectivity index (χ2n) is 7.16. The van der Waals surface area contributed by atoms with Gasteiger partial charge in [0.1, 0.15) is 0 Å². The van der Waals surface area contributed by atoms with Crippen molar-refractivity contribution in [3.05, 3.63) is 101 Å². The molecule has 1 N–H and O–H groups in total. The normalized spacial score (nSPS) is 10.6. The molecule has 0 spiro atoms. The lowest BCUT2D eigenvalue weighted by Crippen LogP contribution is -2.24. The Balaban J connectivity index is 1.61. The van der Waals surface area contributed by atoms with E-state index in [4.69, 9.17) is 0 Å². The summed E-state index contributed by atoms with van der Waals surface area (Å²) in [5.74, 6) is -0.0125. The SMILES string of the molecule is CCN(CC)c1ccc(CNC(=O)c2ccccc2CCc2ccccc2)cc1. The number of hydrogen-bond donors (Lipinski definition) is 1. The smallest absolute Gasteiger partial charge is 0.251 e. The van der Waals surface area contributed by atoms with Gasteiger partial charge in [-0.05, 0) is 61.6 Å². The zero-order chi connectivity index (χ0) is 20.5. The van der Waals surface area contributed by atoms with Crippen LogP contribution in [0.4, 0.5) is 5.69 Å². The number of nitrogens with one attached hydrogen (secondary N) is 1. The van der Waals surface area contributed by atoms with Crippen molar-refractivity contribution in [3.8, 4) is 0 Å². The van der Waals surface area contributed by atoms with Crippen LogP contribution in [0.2, 0.25) is 0 Å². The molecule has 3 nitrogen and oxygen atoms in total. The van der Waals surface area contributed by atoms with Gasteiger partial charge in [-0.3, -0.25) is 4.79 Å². The van der Waals surface area contributed by atoms with E-state index in [1.165, 1.54) is 11.3 Å². The molecule has 3 rings (SSSR count). The van der Waals surface area contributed by atoms with Crippen LogP contribution in [0.25, 0.3) is 0 Å². The van der Waals surface area contributed by atoms with Crippen molar-refractivity contribution in [2.45, 2.75) is 33.2 Å². The quantitative estimate of drug-likeness (QED) is 0.545. The van der Waals surface area contributed by atoms with Gasteiger partial charge >= 0.3 is 0 Å². The van der Waals surface area contributed by atoms with Gasteiger partial charge in [0.15, 0.2) is 0 Å². The maximum atomic E-state index is 12.8. The molecular weight excluding hydrogens is 356 g/mol. The summed E-state index contributed by atoms with van der Waals surface area (Å²) in [6.45, 7) is 6.84.